The molecule has 0 bridgehead atoms. The van der Waals surface area contributed by atoms with Gasteiger partial charge in [-0.05, 0) is 37.2 Å². The van der Waals surface area contributed by atoms with Crippen molar-refractivity contribution in [1.82, 2.24) is 4.90 Å². The van der Waals surface area contributed by atoms with E-state index in [1.54, 1.807) is 7.11 Å². The number of benzene rings is 1. The highest BCUT2D eigenvalue weighted by atomic mass is 16.5. The summed E-state index contributed by atoms with van der Waals surface area (Å²) < 4.78 is 5.31. The Labute approximate surface area is 111 Å². The fourth-order valence-corrected chi connectivity index (χ4v) is 2.39. The summed E-state index contributed by atoms with van der Waals surface area (Å²) in [5.74, 6) is 0.896. The number of nitrogens with two attached hydrogens (primary N) is 1. The van der Waals surface area contributed by atoms with Gasteiger partial charge in [0.2, 0.25) is 0 Å². The van der Waals surface area contributed by atoms with Crippen molar-refractivity contribution in [3.63, 3.8) is 0 Å². The molecule has 3 nitrogen and oxygen atoms in total. The molecule has 0 aromatic heterocycles. The van der Waals surface area contributed by atoms with Gasteiger partial charge in [-0.25, -0.2) is 0 Å². The molecule has 2 N–H and O–H groups in total. The van der Waals surface area contributed by atoms with Crippen LogP contribution in [0.4, 0.5) is 0 Å². The van der Waals surface area contributed by atoms with Gasteiger partial charge < -0.3 is 10.5 Å². The Balaban J connectivity index is 3.07. The molecular weight excluding hydrogens is 224 g/mol. The Hall–Kier alpha value is -1.06. The zero-order valence-corrected chi connectivity index (χ0v) is 12.0. The molecule has 0 saturated heterocycles. The number of hydrogen-bond donors (Lipinski definition) is 1. The molecule has 1 aromatic carbocycles. The summed E-state index contributed by atoms with van der Waals surface area (Å²) in [5.41, 5.74) is 7.55. The maximum absolute atomic E-state index is 6.31. The van der Waals surface area contributed by atoms with E-state index in [0.717, 1.165) is 25.3 Å². The molecule has 0 radical (unpaired) electrons. The molecule has 1 rings (SSSR count). The molecular formula is C15H26N2O. The highest BCUT2D eigenvalue weighted by Crippen LogP contribution is 2.27. The number of nitrogens with zero attached hydrogens (tertiary/aromatic N) is 1. The normalized spacial score (nSPS) is 14.6. The van der Waals surface area contributed by atoms with Crippen molar-refractivity contribution in [1.29, 1.82) is 0 Å². The summed E-state index contributed by atoms with van der Waals surface area (Å²) in [6.07, 6.45) is 0.971. The van der Waals surface area contributed by atoms with Gasteiger partial charge in [0.25, 0.3) is 0 Å². The van der Waals surface area contributed by atoms with Crippen LogP contribution in [0.25, 0.3) is 0 Å². The van der Waals surface area contributed by atoms with Crippen molar-refractivity contribution >= 4 is 0 Å². The van der Waals surface area contributed by atoms with Gasteiger partial charge in [-0.2, -0.15) is 0 Å². The smallest absolute Gasteiger partial charge is 0.119 e. The van der Waals surface area contributed by atoms with Crippen molar-refractivity contribution in [3.05, 3.63) is 29.8 Å². The Bertz CT molecular complexity index is 350. The second-order valence-electron chi connectivity index (χ2n) is 4.51. The van der Waals surface area contributed by atoms with Crippen LogP contribution >= 0.6 is 0 Å². The summed E-state index contributed by atoms with van der Waals surface area (Å²) in [6.45, 7) is 8.51. The van der Waals surface area contributed by atoms with Gasteiger partial charge in [-0.3, -0.25) is 4.90 Å². The van der Waals surface area contributed by atoms with Crippen molar-refractivity contribution in [2.75, 3.05) is 20.2 Å². The van der Waals surface area contributed by atoms with Crippen LogP contribution in [0.2, 0.25) is 0 Å². The van der Waals surface area contributed by atoms with Gasteiger partial charge in [0, 0.05) is 12.1 Å². The summed E-state index contributed by atoms with van der Waals surface area (Å²) in [7, 11) is 1.70. The van der Waals surface area contributed by atoms with E-state index in [0.29, 0.717) is 0 Å². The van der Waals surface area contributed by atoms with E-state index in [1.165, 1.54) is 5.56 Å². The van der Waals surface area contributed by atoms with Gasteiger partial charge in [-0.1, -0.05) is 32.9 Å². The molecule has 0 heterocycles. The average Bonchev–Trinajstić information content (AvgIpc) is 2.43. The lowest BCUT2D eigenvalue weighted by Gasteiger charge is -2.34. The van der Waals surface area contributed by atoms with Crippen molar-refractivity contribution in [3.8, 4) is 5.75 Å². The molecule has 3 heteroatoms. The Kier molecular flexibility index (Phi) is 6.16. The van der Waals surface area contributed by atoms with E-state index < -0.39 is 0 Å². The van der Waals surface area contributed by atoms with Gasteiger partial charge in [0.05, 0.1) is 7.11 Å². The lowest BCUT2D eigenvalue weighted by atomic mass is 9.96. The number of rotatable bonds is 7. The molecule has 18 heavy (non-hydrogen) atoms. The minimum absolute atomic E-state index is 0.150. The predicted octanol–water partition coefficient (Wildman–Crippen LogP) is 2.82. The molecule has 2 atom stereocenters. The first kappa shape index (κ1) is 15.0. The molecule has 1 aromatic rings. The molecule has 0 aliphatic rings. The van der Waals surface area contributed by atoms with Crippen molar-refractivity contribution in [2.45, 2.75) is 39.3 Å². The summed E-state index contributed by atoms with van der Waals surface area (Å²) in [5, 5.41) is 0. The Morgan fingerprint density at radius 2 is 1.89 bits per heavy atom. The topological polar surface area (TPSA) is 38.5 Å². The summed E-state index contributed by atoms with van der Waals surface area (Å²) >= 11 is 0. The highest BCUT2D eigenvalue weighted by molar-refractivity contribution is 5.31. The van der Waals surface area contributed by atoms with Crippen LogP contribution in [0.5, 0.6) is 5.75 Å². The third-order valence-electron chi connectivity index (χ3n) is 3.52. The van der Waals surface area contributed by atoms with Crippen LogP contribution in [0.15, 0.2) is 24.3 Å². The van der Waals surface area contributed by atoms with Crippen molar-refractivity contribution < 1.29 is 4.74 Å². The zero-order valence-electron chi connectivity index (χ0n) is 12.0. The first-order valence-electron chi connectivity index (χ1n) is 6.81. The number of hydrogen-bond acceptors (Lipinski definition) is 3. The first-order valence-corrected chi connectivity index (χ1v) is 6.81. The number of ether oxygens (including phenoxy) is 1. The minimum Gasteiger partial charge on any atom is -0.497 e. The number of likely N-dealkylation sites (N-methyl/N-ethyl adjacent to an activating group) is 1. The molecule has 0 saturated carbocycles. The Morgan fingerprint density at radius 3 is 2.39 bits per heavy atom. The van der Waals surface area contributed by atoms with Crippen LogP contribution in [-0.4, -0.2) is 31.1 Å². The van der Waals surface area contributed by atoms with Crippen LogP contribution in [0, 0.1) is 0 Å². The van der Waals surface area contributed by atoms with E-state index >= 15 is 0 Å². The lowest BCUT2D eigenvalue weighted by Crippen LogP contribution is -2.40. The maximum Gasteiger partial charge on any atom is 0.119 e. The Morgan fingerprint density at radius 1 is 1.22 bits per heavy atom. The molecule has 102 valence electrons. The van der Waals surface area contributed by atoms with Crippen LogP contribution in [0.3, 0.4) is 0 Å². The SMILES string of the molecule is CCC(N)C(c1cccc(OC)c1)N(CC)CC. The molecule has 0 spiro atoms. The average molecular weight is 250 g/mol. The second-order valence-corrected chi connectivity index (χ2v) is 4.51. The summed E-state index contributed by atoms with van der Waals surface area (Å²) in [6, 6.07) is 8.66. The molecule has 0 aliphatic heterocycles. The van der Waals surface area contributed by atoms with Crippen molar-refractivity contribution in [2.24, 2.45) is 5.73 Å². The van der Waals surface area contributed by atoms with Gasteiger partial charge >= 0.3 is 0 Å². The maximum atomic E-state index is 6.31. The van der Waals surface area contributed by atoms with Crippen LogP contribution in [0.1, 0.15) is 38.8 Å². The predicted molar refractivity (Wildman–Crippen MR) is 76.9 cm³/mol. The van der Waals surface area contributed by atoms with E-state index in [2.05, 4.69) is 37.8 Å². The van der Waals surface area contributed by atoms with E-state index in [9.17, 15) is 0 Å². The van der Waals surface area contributed by atoms with E-state index in [1.807, 2.05) is 12.1 Å². The van der Waals surface area contributed by atoms with Gasteiger partial charge in [0.1, 0.15) is 5.75 Å². The monoisotopic (exact) mass is 250 g/mol. The second kappa shape index (κ2) is 7.39. The third-order valence-corrected chi connectivity index (χ3v) is 3.52. The molecule has 2 unspecified atom stereocenters. The van der Waals surface area contributed by atoms with Gasteiger partial charge in [-0.15, -0.1) is 0 Å². The first-order chi connectivity index (χ1) is 8.67. The van der Waals surface area contributed by atoms with E-state index in [4.69, 9.17) is 10.5 Å². The fraction of sp³-hybridized carbons (Fsp3) is 0.600. The highest BCUT2D eigenvalue weighted by Gasteiger charge is 2.23. The quantitative estimate of drug-likeness (QED) is 0.808. The zero-order chi connectivity index (χ0) is 13.5. The molecule has 0 aliphatic carbocycles. The van der Waals surface area contributed by atoms with E-state index in [-0.39, 0.29) is 12.1 Å². The van der Waals surface area contributed by atoms with Crippen LogP contribution in [-0.2, 0) is 0 Å². The largest absolute Gasteiger partial charge is 0.497 e. The lowest BCUT2D eigenvalue weighted by molar-refractivity contribution is 0.187. The van der Waals surface area contributed by atoms with Gasteiger partial charge in [0.15, 0.2) is 0 Å². The number of methoxy groups -OCH3 is 1. The minimum atomic E-state index is 0.150. The standard InChI is InChI=1S/C15H26N2O/c1-5-14(16)15(17(6-2)7-3)12-9-8-10-13(11-12)18-4/h8-11,14-15H,5-7,16H2,1-4H3. The fourth-order valence-electron chi connectivity index (χ4n) is 2.39. The van der Waals surface area contributed by atoms with Crippen LogP contribution < -0.4 is 10.5 Å². The summed E-state index contributed by atoms with van der Waals surface area (Å²) in [4.78, 5) is 2.41. The third kappa shape index (κ3) is 3.47. The molecule has 0 amide bonds. The molecule has 0 fully saturated rings.